The van der Waals surface area contributed by atoms with E-state index in [1.807, 2.05) is 19.9 Å². The molecule has 0 unspecified atom stereocenters. The molecule has 0 bridgehead atoms. The summed E-state index contributed by atoms with van der Waals surface area (Å²) in [5.74, 6) is 0.0952. The van der Waals surface area contributed by atoms with E-state index in [-0.39, 0.29) is 23.5 Å². The highest BCUT2D eigenvalue weighted by Crippen LogP contribution is 2.38. The number of ketones is 1. The summed E-state index contributed by atoms with van der Waals surface area (Å²) in [5.41, 5.74) is 5.60. The van der Waals surface area contributed by atoms with Gasteiger partial charge in [-0.25, -0.2) is 0 Å². The number of amides is 1. The molecule has 2 aromatic rings. The molecule has 0 saturated carbocycles. The number of carbonyl (C=O) groups excluding carboxylic acids is 2. The Balaban J connectivity index is 1.84. The van der Waals surface area contributed by atoms with Crippen molar-refractivity contribution in [1.29, 1.82) is 0 Å². The molecule has 6 heteroatoms. The third-order valence-electron chi connectivity index (χ3n) is 5.33. The molecular formula is C21H30N4O2. The van der Waals surface area contributed by atoms with E-state index in [0.717, 1.165) is 53.3 Å². The zero-order chi connectivity index (χ0) is 19.8. The van der Waals surface area contributed by atoms with E-state index in [0.29, 0.717) is 13.0 Å². The average molecular weight is 370 g/mol. The van der Waals surface area contributed by atoms with E-state index >= 15 is 0 Å². The van der Waals surface area contributed by atoms with Crippen LogP contribution < -0.4 is 5.32 Å². The van der Waals surface area contributed by atoms with Gasteiger partial charge in [0, 0.05) is 35.6 Å². The Kier molecular flexibility index (Phi) is 5.27. The Hall–Kier alpha value is -2.37. The summed E-state index contributed by atoms with van der Waals surface area (Å²) in [5, 5.41) is 9.94. The minimum atomic E-state index is -0.0761. The van der Waals surface area contributed by atoms with Crippen LogP contribution in [-0.2, 0) is 30.7 Å². The Bertz CT molecular complexity index is 873. The monoisotopic (exact) mass is 370 g/mol. The zero-order valence-electron chi connectivity index (χ0n) is 17.0. The first-order valence-electron chi connectivity index (χ1n) is 9.73. The molecule has 2 heterocycles. The second kappa shape index (κ2) is 7.33. The molecule has 146 valence electrons. The summed E-state index contributed by atoms with van der Waals surface area (Å²) in [4.78, 5) is 25.5. The number of H-pyrrole nitrogens is 1. The first-order chi connectivity index (χ1) is 12.7. The number of aryl methyl sites for hydroxylation is 1. The Morgan fingerprint density at radius 1 is 1.33 bits per heavy atom. The van der Waals surface area contributed by atoms with Gasteiger partial charge in [-0.05, 0) is 43.7 Å². The van der Waals surface area contributed by atoms with Crippen LogP contribution in [0.5, 0.6) is 0 Å². The summed E-state index contributed by atoms with van der Waals surface area (Å²) >= 11 is 0. The molecular weight excluding hydrogens is 340 g/mol. The van der Waals surface area contributed by atoms with Crippen molar-refractivity contribution < 1.29 is 9.59 Å². The van der Waals surface area contributed by atoms with Crippen LogP contribution in [0.25, 0.3) is 0 Å². The van der Waals surface area contributed by atoms with Gasteiger partial charge >= 0.3 is 0 Å². The molecule has 0 atom stereocenters. The van der Waals surface area contributed by atoms with Crippen molar-refractivity contribution in [2.45, 2.75) is 73.4 Å². The van der Waals surface area contributed by atoms with Crippen molar-refractivity contribution in [3.8, 4) is 0 Å². The first kappa shape index (κ1) is 19.4. The average Bonchev–Trinajstić information content (AvgIpc) is 3.09. The van der Waals surface area contributed by atoms with Gasteiger partial charge in [-0.3, -0.25) is 14.7 Å². The molecule has 0 fully saturated rings. The van der Waals surface area contributed by atoms with Crippen LogP contribution in [0.15, 0.2) is 6.07 Å². The number of aromatic nitrogens is 3. The molecule has 0 aliphatic heterocycles. The molecule has 2 N–H and O–H groups in total. The second-order valence-electron chi connectivity index (χ2n) is 8.47. The molecule has 2 aromatic heterocycles. The number of hydrogen-bond acceptors (Lipinski definition) is 3. The predicted octanol–water partition coefficient (Wildman–Crippen LogP) is 3.25. The number of carbonyl (C=O) groups is 2. The van der Waals surface area contributed by atoms with Crippen molar-refractivity contribution in [1.82, 2.24) is 20.1 Å². The number of aromatic amines is 1. The molecule has 0 saturated heterocycles. The van der Waals surface area contributed by atoms with E-state index in [1.54, 1.807) is 0 Å². The fourth-order valence-corrected chi connectivity index (χ4v) is 4.13. The Labute approximate surface area is 160 Å². The van der Waals surface area contributed by atoms with E-state index in [1.165, 1.54) is 0 Å². The van der Waals surface area contributed by atoms with Crippen molar-refractivity contribution in [2.75, 3.05) is 0 Å². The van der Waals surface area contributed by atoms with Crippen molar-refractivity contribution in [3.05, 3.63) is 40.0 Å². The SMILES string of the molecule is CCCn1c(C)c(CC(=O)NCc2cc(C)[nH]n2)c2c1CC(C)(C)CC2=O. The van der Waals surface area contributed by atoms with Gasteiger partial charge < -0.3 is 9.88 Å². The maximum absolute atomic E-state index is 12.9. The molecule has 1 amide bonds. The minimum Gasteiger partial charge on any atom is -0.350 e. The van der Waals surface area contributed by atoms with E-state index in [2.05, 4.69) is 40.9 Å². The normalized spacial score (nSPS) is 15.7. The van der Waals surface area contributed by atoms with Crippen molar-refractivity contribution in [3.63, 3.8) is 0 Å². The Morgan fingerprint density at radius 3 is 2.70 bits per heavy atom. The lowest BCUT2D eigenvalue weighted by Crippen LogP contribution is -2.29. The fraction of sp³-hybridized carbons (Fsp3) is 0.571. The lowest BCUT2D eigenvalue weighted by molar-refractivity contribution is -0.120. The van der Waals surface area contributed by atoms with Gasteiger partial charge in [0.05, 0.1) is 18.7 Å². The van der Waals surface area contributed by atoms with Gasteiger partial charge in [0.2, 0.25) is 5.91 Å². The number of hydrogen-bond donors (Lipinski definition) is 2. The summed E-state index contributed by atoms with van der Waals surface area (Å²) < 4.78 is 2.26. The van der Waals surface area contributed by atoms with Gasteiger partial charge in [0.15, 0.2) is 5.78 Å². The Morgan fingerprint density at radius 2 is 2.07 bits per heavy atom. The lowest BCUT2D eigenvalue weighted by Gasteiger charge is -2.30. The van der Waals surface area contributed by atoms with E-state index in [4.69, 9.17) is 0 Å². The molecule has 0 aromatic carbocycles. The van der Waals surface area contributed by atoms with Gasteiger partial charge in [-0.15, -0.1) is 0 Å². The highest BCUT2D eigenvalue weighted by Gasteiger charge is 2.36. The predicted molar refractivity (Wildman–Crippen MR) is 105 cm³/mol. The van der Waals surface area contributed by atoms with E-state index < -0.39 is 0 Å². The summed E-state index contributed by atoms with van der Waals surface area (Å²) in [7, 11) is 0. The van der Waals surface area contributed by atoms with Crippen LogP contribution in [0.4, 0.5) is 0 Å². The largest absolute Gasteiger partial charge is 0.350 e. The van der Waals surface area contributed by atoms with Crippen molar-refractivity contribution >= 4 is 11.7 Å². The second-order valence-corrected chi connectivity index (χ2v) is 8.47. The number of Topliss-reactive ketones (excluding diaryl/α,β-unsaturated/α-hetero) is 1. The maximum Gasteiger partial charge on any atom is 0.224 e. The topological polar surface area (TPSA) is 79.8 Å². The molecule has 0 radical (unpaired) electrons. The third-order valence-corrected chi connectivity index (χ3v) is 5.33. The molecule has 1 aliphatic carbocycles. The van der Waals surface area contributed by atoms with Gasteiger partial charge in [-0.1, -0.05) is 20.8 Å². The standard InChI is InChI=1S/C21H30N4O2/c1-6-7-25-14(3)16(20-17(25)10-21(4,5)11-18(20)26)9-19(27)22-12-15-8-13(2)23-24-15/h8H,6-7,9-12H2,1-5H3,(H,22,27)(H,23,24). The fourth-order valence-electron chi connectivity index (χ4n) is 4.13. The van der Waals surface area contributed by atoms with Gasteiger partial charge in [0.1, 0.15) is 0 Å². The summed E-state index contributed by atoms with van der Waals surface area (Å²) in [6.45, 7) is 11.7. The first-order valence-corrected chi connectivity index (χ1v) is 9.73. The quantitative estimate of drug-likeness (QED) is 0.819. The highest BCUT2D eigenvalue weighted by atomic mass is 16.1. The van der Waals surface area contributed by atoms with E-state index in [9.17, 15) is 9.59 Å². The third kappa shape index (κ3) is 3.99. The van der Waals surface area contributed by atoms with Crippen molar-refractivity contribution in [2.24, 2.45) is 5.41 Å². The minimum absolute atomic E-state index is 0.0301. The van der Waals surface area contributed by atoms with Gasteiger partial charge in [0.25, 0.3) is 0 Å². The summed E-state index contributed by atoms with van der Waals surface area (Å²) in [6, 6.07) is 1.91. The highest BCUT2D eigenvalue weighted by molar-refractivity contribution is 6.01. The molecule has 0 spiro atoms. The number of fused-ring (bicyclic) bond motifs is 1. The zero-order valence-corrected chi connectivity index (χ0v) is 17.0. The van der Waals surface area contributed by atoms with Crippen LogP contribution in [0.3, 0.4) is 0 Å². The number of nitrogens with one attached hydrogen (secondary N) is 2. The molecule has 6 nitrogen and oxygen atoms in total. The van der Waals surface area contributed by atoms with Crippen LogP contribution >= 0.6 is 0 Å². The molecule has 3 rings (SSSR count). The lowest BCUT2D eigenvalue weighted by atomic mass is 9.75. The van der Waals surface area contributed by atoms with Crippen LogP contribution in [0.2, 0.25) is 0 Å². The molecule has 1 aliphatic rings. The molecule has 27 heavy (non-hydrogen) atoms. The smallest absolute Gasteiger partial charge is 0.224 e. The van der Waals surface area contributed by atoms with Gasteiger partial charge in [-0.2, -0.15) is 5.10 Å². The maximum atomic E-state index is 12.9. The summed E-state index contributed by atoms with van der Waals surface area (Å²) in [6.07, 6.45) is 2.65. The van der Waals surface area contributed by atoms with Crippen LogP contribution in [0, 0.1) is 19.3 Å². The number of rotatable bonds is 6. The van der Waals surface area contributed by atoms with Crippen LogP contribution in [0.1, 0.15) is 72.3 Å². The number of nitrogens with zero attached hydrogens (tertiary/aromatic N) is 2. The van der Waals surface area contributed by atoms with Crippen LogP contribution in [-0.4, -0.2) is 26.5 Å².